The second-order valence-corrected chi connectivity index (χ2v) is 5.18. The van der Waals surface area contributed by atoms with Crippen molar-refractivity contribution in [1.29, 1.82) is 0 Å². The first-order chi connectivity index (χ1) is 10.2. The molecule has 0 atom stereocenters. The summed E-state index contributed by atoms with van der Waals surface area (Å²) in [4.78, 5) is 11.1. The van der Waals surface area contributed by atoms with Gasteiger partial charge in [-0.3, -0.25) is 4.79 Å². The molecule has 4 heteroatoms. The molecule has 1 aliphatic carbocycles. The van der Waals surface area contributed by atoms with Gasteiger partial charge in [0.15, 0.2) is 17.9 Å². The Bertz CT molecular complexity index is 689. The Morgan fingerprint density at radius 1 is 1.19 bits per heavy atom. The van der Waals surface area contributed by atoms with Gasteiger partial charge in [-0.25, -0.2) is 8.78 Å². The highest BCUT2D eigenvalue weighted by atomic mass is 19.1. The molecule has 1 fully saturated rings. The maximum atomic E-state index is 14.8. The highest BCUT2D eigenvalue weighted by Gasteiger charge is 2.30. The van der Waals surface area contributed by atoms with Gasteiger partial charge in [0.05, 0.1) is 12.7 Å². The van der Waals surface area contributed by atoms with Gasteiger partial charge < -0.3 is 4.74 Å². The van der Waals surface area contributed by atoms with Gasteiger partial charge in [0.2, 0.25) is 0 Å². The quantitative estimate of drug-likeness (QED) is 0.783. The van der Waals surface area contributed by atoms with E-state index in [4.69, 9.17) is 4.74 Å². The highest BCUT2D eigenvalue weighted by Crippen LogP contribution is 2.47. The zero-order valence-electron chi connectivity index (χ0n) is 11.5. The summed E-state index contributed by atoms with van der Waals surface area (Å²) in [6, 6.07) is 7.36. The SMILES string of the molecule is COc1c(C=O)cc(C2CC2)c(-c2ccc(F)cc2)c1F. The highest BCUT2D eigenvalue weighted by molar-refractivity contribution is 5.84. The first-order valence-corrected chi connectivity index (χ1v) is 6.77. The second kappa shape index (κ2) is 5.28. The molecule has 2 nitrogen and oxygen atoms in total. The molecule has 0 unspecified atom stereocenters. The van der Waals surface area contributed by atoms with Gasteiger partial charge in [-0.15, -0.1) is 0 Å². The topological polar surface area (TPSA) is 26.3 Å². The van der Waals surface area contributed by atoms with E-state index >= 15 is 0 Å². The van der Waals surface area contributed by atoms with E-state index in [1.54, 1.807) is 18.2 Å². The molecule has 1 aliphatic rings. The lowest BCUT2D eigenvalue weighted by molar-refractivity contribution is 0.111. The van der Waals surface area contributed by atoms with Crippen molar-refractivity contribution in [3.05, 3.63) is 53.1 Å². The fourth-order valence-corrected chi connectivity index (χ4v) is 2.59. The minimum atomic E-state index is -0.560. The van der Waals surface area contributed by atoms with Crippen LogP contribution < -0.4 is 4.74 Å². The molecule has 0 aliphatic heterocycles. The number of benzene rings is 2. The van der Waals surface area contributed by atoms with Gasteiger partial charge in [-0.1, -0.05) is 12.1 Å². The molecule has 108 valence electrons. The lowest BCUT2D eigenvalue weighted by Gasteiger charge is -2.15. The molecule has 0 radical (unpaired) electrons. The average molecular weight is 288 g/mol. The summed E-state index contributed by atoms with van der Waals surface area (Å²) in [5.74, 6) is -0.739. The van der Waals surface area contributed by atoms with Crippen LogP contribution in [0.4, 0.5) is 8.78 Å². The Balaban J connectivity index is 2.26. The van der Waals surface area contributed by atoms with E-state index < -0.39 is 5.82 Å². The Kier molecular flexibility index (Phi) is 3.45. The molecule has 0 N–H and O–H groups in total. The number of methoxy groups -OCH3 is 1. The lowest BCUT2D eigenvalue weighted by Crippen LogP contribution is -2.01. The molecule has 3 rings (SSSR count). The fourth-order valence-electron chi connectivity index (χ4n) is 2.59. The molecule has 0 heterocycles. The van der Waals surface area contributed by atoms with Crippen LogP contribution in [0.15, 0.2) is 30.3 Å². The molecule has 2 aromatic carbocycles. The number of carbonyl (C=O) groups excluding carboxylic acids is 1. The summed E-state index contributed by atoms with van der Waals surface area (Å²) in [6.45, 7) is 0. The van der Waals surface area contributed by atoms with Crippen LogP contribution in [0.1, 0.15) is 34.7 Å². The third-order valence-corrected chi connectivity index (χ3v) is 3.76. The fraction of sp³-hybridized carbons (Fsp3) is 0.235. The predicted molar refractivity (Wildman–Crippen MR) is 75.7 cm³/mol. The molecule has 0 aromatic heterocycles. The normalized spacial score (nSPS) is 14.0. The third kappa shape index (κ3) is 2.42. The molecular formula is C17H14F2O2. The van der Waals surface area contributed by atoms with Gasteiger partial charge in [0.25, 0.3) is 0 Å². The minimum absolute atomic E-state index is 0.0614. The standard InChI is InChI=1S/C17H14F2O2/c1-21-17-12(9-20)8-14(10-2-3-10)15(16(17)19)11-4-6-13(18)7-5-11/h4-10H,2-3H2,1H3. The van der Waals surface area contributed by atoms with Gasteiger partial charge in [0.1, 0.15) is 5.82 Å². The van der Waals surface area contributed by atoms with Crippen LogP contribution in [0.2, 0.25) is 0 Å². The number of halogens is 2. The molecular weight excluding hydrogens is 274 g/mol. The summed E-state index contributed by atoms with van der Waals surface area (Å²) in [5, 5.41) is 0. The van der Waals surface area contributed by atoms with E-state index in [0.29, 0.717) is 17.4 Å². The Morgan fingerprint density at radius 3 is 2.38 bits per heavy atom. The van der Waals surface area contributed by atoms with Crippen LogP contribution in [-0.2, 0) is 0 Å². The van der Waals surface area contributed by atoms with E-state index in [0.717, 1.165) is 18.4 Å². The van der Waals surface area contributed by atoms with Crippen LogP contribution in [0, 0.1) is 11.6 Å². The Labute approximate surface area is 121 Å². The summed E-state index contributed by atoms with van der Waals surface area (Å²) in [6.07, 6.45) is 2.54. The van der Waals surface area contributed by atoms with Gasteiger partial charge in [-0.2, -0.15) is 0 Å². The van der Waals surface area contributed by atoms with Crippen molar-refractivity contribution in [3.63, 3.8) is 0 Å². The van der Waals surface area contributed by atoms with Crippen molar-refractivity contribution in [2.45, 2.75) is 18.8 Å². The maximum absolute atomic E-state index is 14.8. The monoisotopic (exact) mass is 288 g/mol. The van der Waals surface area contributed by atoms with Gasteiger partial charge in [-0.05, 0) is 48.1 Å². The van der Waals surface area contributed by atoms with Crippen molar-refractivity contribution >= 4 is 6.29 Å². The van der Waals surface area contributed by atoms with E-state index in [1.807, 2.05) is 0 Å². The third-order valence-electron chi connectivity index (χ3n) is 3.76. The average Bonchev–Trinajstić information content (AvgIpc) is 3.32. The van der Waals surface area contributed by atoms with Gasteiger partial charge >= 0.3 is 0 Å². The minimum Gasteiger partial charge on any atom is -0.493 e. The molecule has 0 saturated heterocycles. The molecule has 0 spiro atoms. The first-order valence-electron chi connectivity index (χ1n) is 6.77. The molecule has 1 saturated carbocycles. The van der Waals surface area contributed by atoms with Crippen molar-refractivity contribution < 1.29 is 18.3 Å². The van der Waals surface area contributed by atoms with Crippen LogP contribution in [0.25, 0.3) is 11.1 Å². The first kappa shape index (κ1) is 13.7. The van der Waals surface area contributed by atoms with Gasteiger partial charge in [0, 0.05) is 5.56 Å². The Hall–Kier alpha value is -2.23. The van der Waals surface area contributed by atoms with E-state index in [1.165, 1.54) is 19.2 Å². The summed E-state index contributed by atoms with van der Waals surface area (Å²) in [7, 11) is 1.33. The zero-order valence-corrected chi connectivity index (χ0v) is 11.5. The number of ether oxygens (including phenoxy) is 1. The lowest BCUT2D eigenvalue weighted by atomic mass is 9.93. The van der Waals surface area contributed by atoms with E-state index in [9.17, 15) is 13.6 Å². The second-order valence-electron chi connectivity index (χ2n) is 5.18. The van der Waals surface area contributed by atoms with E-state index in [-0.39, 0.29) is 23.0 Å². The summed E-state index contributed by atoms with van der Waals surface area (Å²) in [5.41, 5.74) is 2.00. The molecule has 2 aromatic rings. The summed E-state index contributed by atoms with van der Waals surface area (Å²) >= 11 is 0. The largest absolute Gasteiger partial charge is 0.493 e. The van der Waals surface area contributed by atoms with Crippen LogP contribution in [0.3, 0.4) is 0 Å². The summed E-state index contributed by atoms with van der Waals surface area (Å²) < 4.78 is 32.9. The number of aldehydes is 1. The number of hydrogen-bond acceptors (Lipinski definition) is 2. The number of hydrogen-bond donors (Lipinski definition) is 0. The van der Waals surface area contributed by atoms with Crippen molar-refractivity contribution in [2.75, 3.05) is 7.11 Å². The molecule has 0 bridgehead atoms. The smallest absolute Gasteiger partial charge is 0.173 e. The van der Waals surface area contributed by atoms with Crippen LogP contribution >= 0.6 is 0 Å². The number of rotatable bonds is 4. The Morgan fingerprint density at radius 2 is 1.86 bits per heavy atom. The van der Waals surface area contributed by atoms with Crippen molar-refractivity contribution in [1.82, 2.24) is 0 Å². The van der Waals surface area contributed by atoms with Crippen molar-refractivity contribution in [3.8, 4) is 16.9 Å². The maximum Gasteiger partial charge on any atom is 0.173 e. The van der Waals surface area contributed by atoms with Crippen molar-refractivity contribution in [2.24, 2.45) is 0 Å². The number of carbonyl (C=O) groups is 1. The molecule has 21 heavy (non-hydrogen) atoms. The van der Waals surface area contributed by atoms with Crippen LogP contribution in [-0.4, -0.2) is 13.4 Å². The van der Waals surface area contributed by atoms with Crippen LogP contribution in [0.5, 0.6) is 5.75 Å². The van der Waals surface area contributed by atoms with E-state index in [2.05, 4.69) is 0 Å². The zero-order chi connectivity index (χ0) is 15.0. The molecule has 0 amide bonds. The predicted octanol–water partition coefficient (Wildman–Crippen LogP) is 4.33.